The molecule has 1 aliphatic carbocycles. The molecule has 1 aromatic heterocycles. The van der Waals surface area contributed by atoms with Gasteiger partial charge >= 0.3 is 0 Å². The van der Waals surface area contributed by atoms with Crippen LogP contribution in [-0.4, -0.2) is 49.0 Å². The van der Waals surface area contributed by atoms with E-state index in [1.165, 1.54) is 0 Å². The van der Waals surface area contributed by atoms with E-state index in [0.29, 0.717) is 11.7 Å². The number of aromatic amines is 1. The van der Waals surface area contributed by atoms with Crippen LogP contribution >= 0.6 is 11.8 Å². The van der Waals surface area contributed by atoms with Crippen molar-refractivity contribution in [3.63, 3.8) is 0 Å². The van der Waals surface area contributed by atoms with E-state index >= 15 is 0 Å². The number of thioether (sulfide) groups is 1. The maximum atomic E-state index is 12.7. The Kier molecular flexibility index (Phi) is 2.21. The first-order valence-corrected chi connectivity index (χ1v) is 7.49. The molecule has 1 amide bonds. The summed E-state index contributed by atoms with van der Waals surface area (Å²) in [5, 5.41) is 14.9. The van der Waals surface area contributed by atoms with Gasteiger partial charge in [-0.3, -0.25) is 4.79 Å². The van der Waals surface area contributed by atoms with Gasteiger partial charge < -0.3 is 4.90 Å². The van der Waals surface area contributed by atoms with Crippen LogP contribution in [0.5, 0.6) is 0 Å². The lowest BCUT2D eigenvalue weighted by atomic mass is 9.69. The van der Waals surface area contributed by atoms with Crippen molar-refractivity contribution in [2.75, 3.05) is 12.3 Å². The van der Waals surface area contributed by atoms with Crippen LogP contribution in [0.2, 0.25) is 0 Å². The highest BCUT2D eigenvalue weighted by Crippen LogP contribution is 2.59. The third kappa shape index (κ3) is 1.36. The lowest BCUT2D eigenvalue weighted by molar-refractivity contribution is -0.145. The standard InChI is InChI=1S/C11H15N5OS/c17-10(11-4-7(5-11)18-6-11)16-3-1-2-8(16)9-12-14-15-13-9/h7-8H,1-6H2,(H,12,13,14,15). The SMILES string of the molecule is O=C(N1CCCC1c1nn[nH]n1)C12CSC(C1)C2. The zero-order valence-electron chi connectivity index (χ0n) is 10.0. The molecule has 7 heteroatoms. The van der Waals surface area contributed by atoms with Gasteiger partial charge in [0, 0.05) is 17.5 Å². The molecule has 0 radical (unpaired) electrons. The summed E-state index contributed by atoms with van der Waals surface area (Å²) in [6, 6.07) is 0.0373. The Hall–Kier alpha value is -1.11. The van der Waals surface area contributed by atoms with Crippen LogP contribution in [0.25, 0.3) is 0 Å². The molecule has 1 unspecified atom stereocenters. The molecule has 1 N–H and O–H groups in total. The van der Waals surface area contributed by atoms with Crippen molar-refractivity contribution in [1.82, 2.24) is 25.5 Å². The first kappa shape index (κ1) is 10.8. The Bertz CT molecular complexity index is 464. The fourth-order valence-corrected chi connectivity index (χ4v) is 5.24. The summed E-state index contributed by atoms with van der Waals surface area (Å²) < 4.78 is 0. The highest BCUT2D eigenvalue weighted by molar-refractivity contribution is 8.00. The van der Waals surface area contributed by atoms with Crippen LogP contribution < -0.4 is 0 Å². The van der Waals surface area contributed by atoms with Gasteiger partial charge in [0.2, 0.25) is 5.91 Å². The van der Waals surface area contributed by atoms with E-state index in [1.54, 1.807) is 0 Å². The maximum Gasteiger partial charge on any atom is 0.230 e. The van der Waals surface area contributed by atoms with Gasteiger partial charge in [-0.05, 0) is 25.7 Å². The van der Waals surface area contributed by atoms with Crippen LogP contribution in [-0.2, 0) is 4.79 Å². The molecule has 4 aliphatic rings. The Morgan fingerprint density at radius 3 is 3.06 bits per heavy atom. The Morgan fingerprint density at radius 1 is 1.50 bits per heavy atom. The van der Waals surface area contributed by atoms with Crippen LogP contribution in [0.4, 0.5) is 0 Å². The summed E-state index contributed by atoms with van der Waals surface area (Å²) in [7, 11) is 0. The summed E-state index contributed by atoms with van der Waals surface area (Å²) in [5.74, 6) is 2.00. The third-order valence-corrected chi connectivity index (χ3v) is 5.98. The van der Waals surface area contributed by atoms with Gasteiger partial charge in [0.05, 0.1) is 11.5 Å². The number of tetrazole rings is 1. The minimum atomic E-state index is -0.0539. The molecule has 6 nitrogen and oxygen atoms in total. The normalized spacial score (nSPS) is 37.9. The van der Waals surface area contributed by atoms with Crippen molar-refractivity contribution in [2.45, 2.75) is 37.0 Å². The number of likely N-dealkylation sites (tertiary alicyclic amines) is 1. The molecule has 4 heterocycles. The average molecular weight is 265 g/mol. The van der Waals surface area contributed by atoms with Gasteiger partial charge in [-0.15, -0.1) is 10.2 Å². The minimum absolute atomic E-state index is 0.0373. The predicted octanol–water partition coefficient (Wildman–Crippen LogP) is 0.759. The van der Waals surface area contributed by atoms with E-state index < -0.39 is 0 Å². The number of aromatic nitrogens is 4. The monoisotopic (exact) mass is 265 g/mol. The summed E-state index contributed by atoms with van der Waals surface area (Å²) in [4.78, 5) is 14.7. The molecule has 2 bridgehead atoms. The quantitative estimate of drug-likeness (QED) is 0.854. The number of carbonyl (C=O) groups excluding carboxylic acids is 1. The molecule has 5 rings (SSSR count). The van der Waals surface area contributed by atoms with E-state index in [9.17, 15) is 4.79 Å². The van der Waals surface area contributed by atoms with E-state index in [4.69, 9.17) is 0 Å². The number of rotatable bonds is 2. The Balaban J connectivity index is 1.58. The summed E-state index contributed by atoms with van der Waals surface area (Å²) >= 11 is 1.96. The molecular formula is C11H15N5OS. The van der Waals surface area contributed by atoms with Crippen molar-refractivity contribution >= 4 is 17.7 Å². The predicted molar refractivity (Wildman–Crippen MR) is 65.8 cm³/mol. The number of amides is 1. The van der Waals surface area contributed by atoms with E-state index in [2.05, 4.69) is 20.6 Å². The molecule has 18 heavy (non-hydrogen) atoms. The fraction of sp³-hybridized carbons (Fsp3) is 0.818. The van der Waals surface area contributed by atoms with E-state index in [-0.39, 0.29) is 11.5 Å². The summed E-state index contributed by atoms with van der Waals surface area (Å²) in [5.41, 5.74) is -0.0539. The number of H-pyrrole nitrogens is 1. The topological polar surface area (TPSA) is 74.8 Å². The zero-order chi connectivity index (χ0) is 12.2. The van der Waals surface area contributed by atoms with Gasteiger partial charge in [-0.25, -0.2) is 0 Å². The molecule has 3 aliphatic heterocycles. The molecular weight excluding hydrogens is 250 g/mol. The minimum Gasteiger partial charge on any atom is -0.332 e. The van der Waals surface area contributed by atoms with Gasteiger partial charge in [0.25, 0.3) is 0 Å². The van der Waals surface area contributed by atoms with E-state index in [1.807, 2.05) is 16.7 Å². The second kappa shape index (κ2) is 3.69. The first-order valence-electron chi connectivity index (χ1n) is 6.45. The molecule has 3 saturated heterocycles. The molecule has 0 aromatic carbocycles. The number of nitrogens with one attached hydrogen (secondary N) is 1. The Morgan fingerprint density at radius 2 is 2.39 bits per heavy atom. The largest absolute Gasteiger partial charge is 0.332 e. The molecule has 4 fully saturated rings. The van der Waals surface area contributed by atoms with Crippen molar-refractivity contribution in [3.8, 4) is 0 Å². The average Bonchev–Trinajstić information content (AvgIpc) is 3.10. The van der Waals surface area contributed by atoms with Crippen LogP contribution in [0, 0.1) is 5.41 Å². The molecule has 0 spiro atoms. The number of carbonyl (C=O) groups is 1. The number of hydrogen-bond donors (Lipinski definition) is 1. The highest BCUT2D eigenvalue weighted by Gasteiger charge is 2.58. The van der Waals surface area contributed by atoms with Gasteiger partial charge in [0.1, 0.15) is 0 Å². The first-order chi connectivity index (χ1) is 8.78. The van der Waals surface area contributed by atoms with Crippen molar-refractivity contribution < 1.29 is 4.79 Å². The summed E-state index contributed by atoms with van der Waals surface area (Å²) in [6.45, 7) is 0.842. The van der Waals surface area contributed by atoms with Crippen LogP contribution in [0.15, 0.2) is 0 Å². The summed E-state index contributed by atoms with van der Waals surface area (Å²) in [6.07, 6.45) is 4.15. The second-order valence-electron chi connectivity index (χ2n) is 5.55. The van der Waals surface area contributed by atoms with Gasteiger partial charge in [0.15, 0.2) is 5.82 Å². The fourth-order valence-electron chi connectivity index (χ4n) is 3.45. The van der Waals surface area contributed by atoms with E-state index in [0.717, 1.165) is 43.2 Å². The highest BCUT2D eigenvalue weighted by atomic mass is 32.2. The number of nitrogens with zero attached hydrogens (tertiary/aromatic N) is 4. The zero-order valence-corrected chi connectivity index (χ0v) is 10.8. The van der Waals surface area contributed by atoms with Crippen LogP contribution in [0.3, 0.4) is 0 Å². The maximum absolute atomic E-state index is 12.7. The smallest absolute Gasteiger partial charge is 0.230 e. The lowest BCUT2D eigenvalue weighted by Gasteiger charge is -2.39. The molecule has 1 saturated carbocycles. The van der Waals surface area contributed by atoms with Gasteiger partial charge in [-0.1, -0.05) is 5.21 Å². The lowest BCUT2D eigenvalue weighted by Crippen LogP contribution is -2.49. The molecule has 1 atom stereocenters. The second-order valence-corrected chi connectivity index (χ2v) is 6.84. The van der Waals surface area contributed by atoms with Crippen molar-refractivity contribution in [2.24, 2.45) is 5.41 Å². The number of hydrogen-bond acceptors (Lipinski definition) is 5. The third-order valence-electron chi connectivity index (χ3n) is 4.46. The van der Waals surface area contributed by atoms with Crippen LogP contribution in [0.1, 0.15) is 37.5 Å². The number of fused-ring (bicyclic) bond motifs is 1. The molecule has 1 aromatic rings. The van der Waals surface area contributed by atoms with Crippen molar-refractivity contribution in [1.29, 1.82) is 0 Å². The molecule has 96 valence electrons. The van der Waals surface area contributed by atoms with Crippen molar-refractivity contribution in [3.05, 3.63) is 5.82 Å². The Labute approximate surface area is 109 Å². The van der Waals surface area contributed by atoms with Gasteiger partial charge in [-0.2, -0.15) is 17.0 Å².